The number of carbonyl (C=O) groups is 1. The minimum Gasteiger partial charge on any atom is -0.546 e. The molecule has 3 nitrogen and oxygen atoms in total. The largest absolute Gasteiger partial charge is 0.546 e. The predicted molar refractivity (Wildman–Crippen MR) is 54.0 cm³/mol. The highest BCUT2D eigenvalue weighted by Gasteiger charge is 2.02. The highest BCUT2D eigenvalue weighted by molar-refractivity contribution is 9.10. The van der Waals surface area contributed by atoms with Gasteiger partial charge in [0.05, 0.1) is 5.97 Å². The van der Waals surface area contributed by atoms with Crippen molar-refractivity contribution in [3.05, 3.63) is 28.2 Å². The highest BCUT2D eigenvalue weighted by atomic mass is 79.9. The first kappa shape index (κ1) is 11.0. The molecule has 0 heterocycles. The number of benzene rings is 1. The van der Waals surface area contributed by atoms with E-state index in [1.165, 1.54) is 0 Å². The zero-order chi connectivity index (χ0) is 10.6. The van der Waals surface area contributed by atoms with E-state index in [1.54, 1.807) is 6.07 Å². The van der Waals surface area contributed by atoms with Crippen molar-refractivity contribution in [3.8, 4) is 5.75 Å². The van der Waals surface area contributed by atoms with Crippen molar-refractivity contribution in [1.82, 2.24) is 0 Å². The molecule has 0 amide bonds. The van der Waals surface area contributed by atoms with Crippen LogP contribution in [0.15, 0.2) is 22.7 Å². The number of rotatable bonds is 4. The lowest BCUT2D eigenvalue weighted by Crippen LogP contribution is -2.29. The molecule has 0 fully saturated rings. The number of hydrogen-bond donors (Lipinski definition) is 0. The van der Waals surface area contributed by atoms with E-state index in [1.807, 2.05) is 19.1 Å². The summed E-state index contributed by atoms with van der Waals surface area (Å²) in [6.45, 7) is 1.57. The normalized spacial score (nSPS) is 9.86. The predicted octanol–water partition coefficient (Wildman–Crippen LogP) is 1.14. The van der Waals surface area contributed by atoms with E-state index in [-0.39, 0.29) is 0 Å². The van der Waals surface area contributed by atoms with Crippen LogP contribution in [-0.4, -0.2) is 12.6 Å². The summed E-state index contributed by atoms with van der Waals surface area (Å²) in [5.74, 6) is -0.616. The second-order valence-electron chi connectivity index (χ2n) is 2.77. The van der Waals surface area contributed by atoms with Gasteiger partial charge in [-0.3, -0.25) is 0 Å². The minimum absolute atomic E-state index is 0.408. The number of halogens is 1. The van der Waals surface area contributed by atoms with E-state index in [0.717, 1.165) is 16.5 Å². The molecule has 0 unspecified atom stereocenters. The lowest BCUT2D eigenvalue weighted by atomic mass is 10.1. The maximum absolute atomic E-state index is 10.2. The van der Waals surface area contributed by atoms with E-state index in [9.17, 15) is 9.90 Å². The lowest BCUT2D eigenvalue weighted by molar-refractivity contribution is -0.307. The van der Waals surface area contributed by atoms with Gasteiger partial charge in [0.25, 0.3) is 0 Å². The van der Waals surface area contributed by atoms with E-state index >= 15 is 0 Å². The van der Waals surface area contributed by atoms with Gasteiger partial charge in [-0.25, -0.2) is 0 Å². The van der Waals surface area contributed by atoms with Gasteiger partial charge in [-0.05, 0) is 30.2 Å². The summed E-state index contributed by atoms with van der Waals surface area (Å²) in [6.07, 6.45) is 0.793. The van der Waals surface area contributed by atoms with Crippen LogP contribution in [-0.2, 0) is 11.2 Å². The lowest BCUT2D eigenvalue weighted by Gasteiger charge is -2.10. The van der Waals surface area contributed by atoms with Gasteiger partial charge in [0, 0.05) is 4.47 Å². The van der Waals surface area contributed by atoms with Crippen LogP contribution in [0.2, 0.25) is 0 Å². The fraction of sp³-hybridized carbons (Fsp3) is 0.300. The van der Waals surface area contributed by atoms with Gasteiger partial charge < -0.3 is 14.6 Å². The van der Waals surface area contributed by atoms with Gasteiger partial charge in [0.2, 0.25) is 0 Å². The van der Waals surface area contributed by atoms with Crippen molar-refractivity contribution < 1.29 is 14.6 Å². The molecule has 0 atom stereocenters. The number of aliphatic carboxylic acids is 1. The number of carbonyl (C=O) groups excluding carboxylic acids is 1. The third kappa shape index (κ3) is 3.03. The monoisotopic (exact) mass is 257 g/mol. The van der Waals surface area contributed by atoms with Crippen molar-refractivity contribution in [2.45, 2.75) is 13.3 Å². The molecule has 0 N–H and O–H groups in total. The van der Waals surface area contributed by atoms with Gasteiger partial charge in [0.15, 0.2) is 0 Å². The fourth-order valence-electron chi connectivity index (χ4n) is 1.10. The van der Waals surface area contributed by atoms with Crippen LogP contribution in [0.3, 0.4) is 0 Å². The van der Waals surface area contributed by atoms with Crippen molar-refractivity contribution in [1.29, 1.82) is 0 Å². The maximum Gasteiger partial charge on any atom is 0.128 e. The van der Waals surface area contributed by atoms with Crippen LogP contribution in [0.5, 0.6) is 5.75 Å². The van der Waals surface area contributed by atoms with Gasteiger partial charge in [-0.2, -0.15) is 0 Å². The molecule has 0 spiro atoms. The van der Waals surface area contributed by atoms with Crippen LogP contribution < -0.4 is 9.84 Å². The molecule has 0 aliphatic carbocycles. The fourth-order valence-corrected chi connectivity index (χ4v) is 1.51. The zero-order valence-electron chi connectivity index (χ0n) is 7.75. The van der Waals surface area contributed by atoms with Crippen LogP contribution in [0, 0.1) is 0 Å². The SMILES string of the molecule is CCc1cc(Br)ccc1OCC(=O)[O-]. The van der Waals surface area contributed by atoms with Crippen molar-refractivity contribution in [3.63, 3.8) is 0 Å². The molecule has 0 bridgehead atoms. The van der Waals surface area contributed by atoms with Crippen molar-refractivity contribution in [2.24, 2.45) is 0 Å². The smallest absolute Gasteiger partial charge is 0.128 e. The first-order valence-electron chi connectivity index (χ1n) is 4.24. The molecular formula is C10H10BrO3-. The molecule has 4 heteroatoms. The van der Waals surface area contributed by atoms with Crippen LogP contribution in [0.1, 0.15) is 12.5 Å². The third-order valence-electron chi connectivity index (χ3n) is 1.75. The summed E-state index contributed by atoms with van der Waals surface area (Å²) in [4.78, 5) is 10.2. The van der Waals surface area contributed by atoms with Gasteiger partial charge >= 0.3 is 0 Å². The highest BCUT2D eigenvalue weighted by Crippen LogP contribution is 2.23. The number of ether oxygens (including phenoxy) is 1. The number of carboxylic acids is 1. The van der Waals surface area contributed by atoms with Crippen molar-refractivity contribution >= 4 is 21.9 Å². The third-order valence-corrected chi connectivity index (χ3v) is 2.24. The van der Waals surface area contributed by atoms with Crippen molar-refractivity contribution in [2.75, 3.05) is 6.61 Å². The van der Waals surface area contributed by atoms with E-state index in [4.69, 9.17) is 4.74 Å². The molecule has 0 saturated heterocycles. The van der Waals surface area contributed by atoms with E-state index in [2.05, 4.69) is 15.9 Å². The minimum atomic E-state index is -1.21. The molecule has 0 saturated carbocycles. The summed E-state index contributed by atoms with van der Waals surface area (Å²) in [5.41, 5.74) is 0.973. The summed E-state index contributed by atoms with van der Waals surface area (Å²) >= 11 is 3.33. The van der Waals surface area contributed by atoms with E-state index < -0.39 is 12.6 Å². The standard InChI is InChI=1S/C10H11BrO3/c1-2-7-5-8(11)3-4-9(7)14-6-10(12)13/h3-5H,2,6H2,1H3,(H,12,13)/p-1. The second kappa shape index (κ2) is 5.00. The summed E-state index contributed by atoms with van der Waals surface area (Å²) in [5, 5.41) is 10.2. The molecule has 0 radical (unpaired) electrons. The first-order valence-corrected chi connectivity index (χ1v) is 5.04. The van der Waals surface area contributed by atoms with Crippen LogP contribution in [0.4, 0.5) is 0 Å². The quantitative estimate of drug-likeness (QED) is 0.813. The Balaban J connectivity index is 2.80. The number of hydrogen-bond acceptors (Lipinski definition) is 3. The molecule has 0 aliphatic rings. The number of aryl methyl sites for hydroxylation is 1. The molecule has 76 valence electrons. The molecular weight excluding hydrogens is 248 g/mol. The van der Waals surface area contributed by atoms with E-state index in [0.29, 0.717) is 5.75 Å². The Morgan fingerprint density at radius 1 is 1.57 bits per heavy atom. The Morgan fingerprint density at radius 3 is 2.86 bits per heavy atom. The van der Waals surface area contributed by atoms with Gasteiger partial charge in [-0.15, -0.1) is 0 Å². The summed E-state index contributed by atoms with van der Waals surface area (Å²) in [7, 11) is 0. The average molecular weight is 258 g/mol. The molecule has 1 aromatic rings. The Bertz CT molecular complexity index is 336. The summed E-state index contributed by atoms with van der Waals surface area (Å²) in [6, 6.07) is 5.46. The second-order valence-corrected chi connectivity index (χ2v) is 3.68. The van der Waals surface area contributed by atoms with Gasteiger partial charge in [0.1, 0.15) is 12.4 Å². The Morgan fingerprint density at radius 2 is 2.29 bits per heavy atom. The average Bonchev–Trinajstić information content (AvgIpc) is 2.15. The first-order chi connectivity index (χ1) is 6.63. The molecule has 0 aliphatic heterocycles. The molecule has 14 heavy (non-hydrogen) atoms. The zero-order valence-corrected chi connectivity index (χ0v) is 9.33. The van der Waals surface area contributed by atoms with Crippen LogP contribution >= 0.6 is 15.9 Å². The Labute approximate surface area is 90.8 Å². The topological polar surface area (TPSA) is 49.4 Å². The Hall–Kier alpha value is -1.03. The molecule has 1 rings (SSSR count). The maximum atomic E-state index is 10.2. The number of carboxylic acid groups (broad SMARTS) is 1. The van der Waals surface area contributed by atoms with Gasteiger partial charge in [-0.1, -0.05) is 22.9 Å². The Kier molecular flexibility index (Phi) is 3.95. The molecule has 0 aromatic heterocycles. The van der Waals surface area contributed by atoms with Crippen LogP contribution in [0.25, 0.3) is 0 Å². The molecule has 1 aromatic carbocycles. The summed E-state index contributed by atoms with van der Waals surface area (Å²) < 4.78 is 6.02.